The van der Waals surface area contributed by atoms with Crippen LogP contribution in [0.3, 0.4) is 0 Å². The Morgan fingerprint density at radius 2 is 2.27 bits per heavy atom. The van der Waals surface area contributed by atoms with Crippen LogP contribution >= 0.6 is 12.2 Å². The van der Waals surface area contributed by atoms with Crippen LogP contribution in [-0.4, -0.2) is 42.7 Å². The summed E-state index contributed by atoms with van der Waals surface area (Å²) in [6, 6.07) is 0.637. The van der Waals surface area contributed by atoms with Crippen LogP contribution in [0.15, 0.2) is 0 Å². The number of hydrogen-bond donors (Lipinski definition) is 1. The highest BCUT2D eigenvalue weighted by Crippen LogP contribution is 2.24. The Morgan fingerprint density at radius 1 is 1.53 bits per heavy atom. The van der Waals surface area contributed by atoms with Gasteiger partial charge in [-0.25, -0.2) is 0 Å². The van der Waals surface area contributed by atoms with E-state index in [1.54, 1.807) is 0 Å². The summed E-state index contributed by atoms with van der Waals surface area (Å²) >= 11 is 4.89. The average molecular weight is 230 g/mol. The van der Waals surface area contributed by atoms with Gasteiger partial charge in [0.1, 0.15) is 0 Å². The number of thiocarbonyl (C=S) groups is 1. The van der Waals surface area contributed by atoms with E-state index in [0.29, 0.717) is 17.1 Å². The number of hydrogen-bond acceptors (Lipinski definition) is 3. The second-order valence-corrected chi connectivity index (χ2v) is 4.90. The van der Waals surface area contributed by atoms with Gasteiger partial charge in [-0.05, 0) is 32.7 Å². The molecule has 0 aliphatic heterocycles. The minimum Gasteiger partial charge on any atom is -0.393 e. The second kappa shape index (κ2) is 6.40. The molecule has 1 aliphatic carbocycles. The van der Waals surface area contributed by atoms with Crippen LogP contribution in [0.1, 0.15) is 32.1 Å². The van der Waals surface area contributed by atoms with Gasteiger partial charge in [0.05, 0.1) is 11.1 Å². The number of nitrogens with two attached hydrogens (primary N) is 1. The maximum atomic E-state index is 5.50. The lowest BCUT2D eigenvalue weighted by molar-refractivity contribution is 0.0353. The molecule has 0 aromatic carbocycles. The first-order valence-corrected chi connectivity index (χ1v) is 6.05. The van der Waals surface area contributed by atoms with Gasteiger partial charge >= 0.3 is 0 Å². The number of ether oxygens (including phenoxy) is 1. The van der Waals surface area contributed by atoms with E-state index in [9.17, 15) is 0 Å². The van der Waals surface area contributed by atoms with E-state index in [1.807, 2.05) is 7.11 Å². The lowest BCUT2D eigenvalue weighted by Crippen LogP contribution is -2.39. The summed E-state index contributed by atoms with van der Waals surface area (Å²) in [5, 5.41) is 0. The van der Waals surface area contributed by atoms with Crippen molar-refractivity contribution in [1.29, 1.82) is 0 Å². The summed E-state index contributed by atoms with van der Waals surface area (Å²) in [5.41, 5.74) is 5.50. The standard InChI is InChI=1S/C11H22N2OS/c1-13(7-6-11(12)15)9-4-3-5-10(8-9)14-2/h9-10H,3-8H2,1-2H3,(H2,12,15). The van der Waals surface area contributed by atoms with Crippen molar-refractivity contribution in [3.63, 3.8) is 0 Å². The molecule has 88 valence electrons. The molecule has 0 saturated heterocycles. The van der Waals surface area contributed by atoms with Gasteiger partial charge in [-0.15, -0.1) is 0 Å². The van der Waals surface area contributed by atoms with E-state index >= 15 is 0 Å². The normalized spacial score (nSPS) is 26.9. The number of methoxy groups -OCH3 is 1. The summed E-state index contributed by atoms with van der Waals surface area (Å²) in [6.07, 6.45) is 6.14. The van der Waals surface area contributed by atoms with E-state index in [4.69, 9.17) is 22.7 Å². The molecule has 2 N–H and O–H groups in total. The first-order chi connectivity index (χ1) is 7.13. The van der Waals surface area contributed by atoms with Crippen LogP contribution in [0.25, 0.3) is 0 Å². The van der Waals surface area contributed by atoms with Crippen molar-refractivity contribution in [3.05, 3.63) is 0 Å². The molecule has 15 heavy (non-hydrogen) atoms. The van der Waals surface area contributed by atoms with Gasteiger partial charge in [-0.2, -0.15) is 0 Å². The molecule has 3 nitrogen and oxygen atoms in total. The van der Waals surface area contributed by atoms with Crippen LogP contribution in [0.2, 0.25) is 0 Å². The lowest BCUT2D eigenvalue weighted by atomic mass is 9.92. The van der Waals surface area contributed by atoms with Gasteiger partial charge in [0, 0.05) is 26.1 Å². The Labute approximate surface area is 98.0 Å². The molecule has 2 unspecified atom stereocenters. The molecule has 0 heterocycles. The monoisotopic (exact) mass is 230 g/mol. The van der Waals surface area contributed by atoms with E-state index in [0.717, 1.165) is 19.4 Å². The van der Waals surface area contributed by atoms with E-state index in [2.05, 4.69) is 11.9 Å². The number of nitrogens with zero attached hydrogens (tertiary/aromatic N) is 1. The van der Waals surface area contributed by atoms with Crippen LogP contribution in [0, 0.1) is 0 Å². The fraction of sp³-hybridized carbons (Fsp3) is 0.909. The summed E-state index contributed by atoms with van der Waals surface area (Å²) in [5.74, 6) is 0. The Hall–Kier alpha value is -0.190. The van der Waals surface area contributed by atoms with Crippen LogP contribution in [0.4, 0.5) is 0 Å². The summed E-state index contributed by atoms with van der Waals surface area (Å²) in [7, 11) is 3.96. The van der Waals surface area contributed by atoms with Crippen molar-refractivity contribution < 1.29 is 4.74 Å². The fourth-order valence-corrected chi connectivity index (χ4v) is 2.30. The minimum absolute atomic E-state index is 0.441. The summed E-state index contributed by atoms with van der Waals surface area (Å²) in [6.45, 7) is 0.969. The second-order valence-electron chi connectivity index (χ2n) is 4.38. The van der Waals surface area contributed by atoms with Crippen LogP contribution in [0.5, 0.6) is 0 Å². The molecular weight excluding hydrogens is 208 g/mol. The molecule has 0 spiro atoms. The van der Waals surface area contributed by atoms with Gasteiger partial charge < -0.3 is 15.4 Å². The third kappa shape index (κ3) is 4.45. The molecule has 0 aromatic heterocycles. The van der Waals surface area contributed by atoms with E-state index in [-0.39, 0.29) is 0 Å². The van der Waals surface area contributed by atoms with Gasteiger partial charge in [-0.3, -0.25) is 0 Å². The molecule has 1 saturated carbocycles. The Balaban J connectivity index is 2.31. The molecule has 0 amide bonds. The fourth-order valence-electron chi connectivity index (χ4n) is 2.20. The maximum Gasteiger partial charge on any atom is 0.0740 e. The van der Waals surface area contributed by atoms with Crippen LogP contribution in [-0.2, 0) is 4.74 Å². The Morgan fingerprint density at radius 3 is 2.87 bits per heavy atom. The largest absolute Gasteiger partial charge is 0.393 e. The molecule has 1 aliphatic rings. The SMILES string of the molecule is COC1CCCC(N(C)CCC(N)=S)C1. The third-order valence-corrected chi connectivity index (χ3v) is 3.47. The van der Waals surface area contributed by atoms with E-state index in [1.165, 1.54) is 19.3 Å². The highest BCUT2D eigenvalue weighted by Gasteiger charge is 2.24. The highest BCUT2D eigenvalue weighted by molar-refractivity contribution is 7.80. The van der Waals surface area contributed by atoms with Gasteiger partial charge in [-0.1, -0.05) is 12.2 Å². The molecule has 1 fully saturated rings. The van der Waals surface area contributed by atoms with Crippen molar-refractivity contribution in [3.8, 4) is 0 Å². The molecule has 0 radical (unpaired) electrons. The first kappa shape index (κ1) is 12.9. The zero-order chi connectivity index (χ0) is 11.3. The molecule has 1 rings (SSSR count). The van der Waals surface area contributed by atoms with E-state index < -0.39 is 0 Å². The van der Waals surface area contributed by atoms with Crippen molar-refractivity contribution in [1.82, 2.24) is 4.90 Å². The quantitative estimate of drug-likeness (QED) is 0.727. The molecule has 4 heteroatoms. The van der Waals surface area contributed by atoms with Gasteiger partial charge in [0.2, 0.25) is 0 Å². The Kier molecular flexibility index (Phi) is 5.50. The Bertz CT molecular complexity index is 211. The predicted octanol–water partition coefficient (Wildman–Crippen LogP) is 1.55. The zero-order valence-electron chi connectivity index (χ0n) is 9.74. The zero-order valence-corrected chi connectivity index (χ0v) is 10.6. The predicted molar refractivity (Wildman–Crippen MR) is 67.1 cm³/mol. The smallest absolute Gasteiger partial charge is 0.0740 e. The third-order valence-electron chi connectivity index (χ3n) is 3.27. The summed E-state index contributed by atoms with van der Waals surface area (Å²) in [4.78, 5) is 2.98. The summed E-state index contributed by atoms with van der Waals surface area (Å²) < 4.78 is 5.42. The molecule has 0 bridgehead atoms. The van der Waals surface area contributed by atoms with Crippen molar-refractivity contribution in [2.45, 2.75) is 44.2 Å². The van der Waals surface area contributed by atoms with Crippen molar-refractivity contribution in [2.24, 2.45) is 5.73 Å². The minimum atomic E-state index is 0.441. The lowest BCUT2D eigenvalue weighted by Gasteiger charge is -2.34. The van der Waals surface area contributed by atoms with Crippen molar-refractivity contribution >= 4 is 17.2 Å². The topological polar surface area (TPSA) is 38.5 Å². The van der Waals surface area contributed by atoms with Crippen LogP contribution < -0.4 is 5.73 Å². The maximum absolute atomic E-state index is 5.50. The van der Waals surface area contributed by atoms with Gasteiger partial charge in [0.15, 0.2) is 0 Å². The van der Waals surface area contributed by atoms with Crippen molar-refractivity contribution in [2.75, 3.05) is 20.7 Å². The first-order valence-electron chi connectivity index (χ1n) is 5.64. The number of rotatable bonds is 5. The highest BCUT2D eigenvalue weighted by atomic mass is 32.1. The molecule has 0 aromatic rings. The molecule has 2 atom stereocenters. The molecular formula is C11H22N2OS. The average Bonchev–Trinajstić information content (AvgIpc) is 2.26. The van der Waals surface area contributed by atoms with Gasteiger partial charge in [0.25, 0.3) is 0 Å².